The van der Waals surface area contributed by atoms with Crippen LogP contribution in [-0.4, -0.2) is 30.8 Å². The van der Waals surface area contributed by atoms with Crippen LogP contribution >= 0.6 is 23.2 Å². The Labute approximate surface area is 150 Å². The van der Waals surface area contributed by atoms with Gasteiger partial charge in [0.25, 0.3) is 0 Å². The SMILES string of the molecule is O=C(Cc1cc(Cc2ccc(Cl)c(Cl)c2)on1)NCC1CCOC1. The standard InChI is InChI=1S/C17H18Cl2N2O3/c18-15-2-1-11(6-16(15)19)5-14-7-13(21-24-14)8-17(22)20-9-12-3-4-23-10-12/h1-2,6-7,12H,3-5,8-10H2,(H,20,22). The second-order valence-electron chi connectivity index (χ2n) is 5.92. The van der Waals surface area contributed by atoms with Crippen LogP contribution in [0.3, 0.4) is 0 Å². The first-order valence-corrected chi connectivity index (χ1v) is 8.58. The van der Waals surface area contributed by atoms with Gasteiger partial charge in [-0.25, -0.2) is 0 Å². The summed E-state index contributed by atoms with van der Waals surface area (Å²) >= 11 is 11.9. The van der Waals surface area contributed by atoms with Gasteiger partial charge in [0.15, 0.2) is 0 Å². The van der Waals surface area contributed by atoms with Crippen LogP contribution < -0.4 is 5.32 Å². The maximum atomic E-state index is 12.0. The smallest absolute Gasteiger partial charge is 0.226 e. The third kappa shape index (κ3) is 4.72. The topological polar surface area (TPSA) is 64.4 Å². The van der Waals surface area contributed by atoms with Gasteiger partial charge in [-0.3, -0.25) is 4.79 Å². The highest BCUT2D eigenvalue weighted by molar-refractivity contribution is 6.42. The van der Waals surface area contributed by atoms with Gasteiger partial charge in [0.2, 0.25) is 5.91 Å². The highest BCUT2D eigenvalue weighted by atomic mass is 35.5. The number of halogens is 2. The summed E-state index contributed by atoms with van der Waals surface area (Å²) in [5, 5.41) is 7.89. The van der Waals surface area contributed by atoms with Gasteiger partial charge < -0.3 is 14.6 Å². The van der Waals surface area contributed by atoms with Crippen LogP contribution in [-0.2, 0) is 22.4 Å². The fourth-order valence-corrected chi connectivity index (χ4v) is 2.92. The number of hydrogen-bond acceptors (Lipinski definition) is 4. The molecule has 3 rings (SSSR count). The largest absolute Gasteiger partial charge is 0.381 e. The lowest BCUT2D eigenvalue weighted by atomic mass is 10.1. The number of nitrogens with zero attached hydrogens (tertiary/aromatic N) is 1. The summed E-state index contributed by atoms with van der Waals surface area (Å²) in [7, 11) is 0. The van der Waals surface area contributed by atoms with Crippen LogP contribution in [0.15, 0.2) is 28.8 Å². The zero-order valence-electron chi connectivity index (χ0n) is 13.1. The third-order valence-corrected chi connectivity index (χ3v) is 4.66. The lowest BCUT2D eigenvalue weighted by molar-refractivity contribution is -0.120. The van der Waals surface area contributed by atoms with Crippen molar-refractivity contribution in [3.8, 4) is 0 Å². The van der Waals surface area contributed by atoms with Gasteiger partial charge in [-0.15, -0.1) is 0 Å². The van der Waals surface area contributed by atoms with Crippen molar-refractivity contribution in [3.63, 3.8) is 0 Å². The van der Waals surface area contributed by atoms with Crippen molar-refractivity contribution in [3.05, 3.63) is 51.3 Å². The molecule has 1 saturated heterocycles. The van der Waals surface area contributed by atoms with E-state index in [1.54, 1.807) is 18.2 Å². The minimum atomic E-state index is -0.0590. The molecule has 2 heterocycles. The average Bonchev–Trinajstić information content (AvgIpc) is 3.21. The molecule has 0 bridgehead atoms. The number of ether oxygens (including phenoxy) is 1. The molecule has 5 nitrogen and oxygen atoms in total. The highest BCUT2D eigenvalue weighted by Crippen LogP contribution is 2.24. The first-order valence-electron chi connectivity index (χ1n) is 7.83. The van der Waals surface area contributed by atoms with Gasteiger partial charge in [-0.05, 0) is 24.1 Å². The van der Waals surface area contributed by atoms with Crippen molar-refractivity contribution in [2.45, 2.75) is 19.3 Å². The van der Waals surface area contributed by atoms with Crippen LogP contribution in [0.5, 0.6) is 0 Å². The molecule has 0 saturated carbocycles. The molecule has 7 heteroatoms. The molecule has 1 aromatic carbocycles. The van der Waals surface area contributed by atoms with Gasteiger partial charge >= 0.3 is 0 Å². The van der Waals surface area contributed by atoms with Crippen molar-refractivity contribution >= 4 is 29.1 Å². The number of aromatic nitrogens is 1. The van der Waals surface area contributed by atoms with E-state index in [9.17, 15) is 4.79 Å². The summed E-state index contributed by atoms with van der Waals surface area (Å²) in [6, 6.07) is 7.21. The van der Waals surface area contributed by atoms with Crippen molar-refractivity contribution in [1.29, 1.82) is 0 Å². The Morgan fingerprint density at radius 2 is 2.17 bits per heavy atom. The Morgan fingerprint density at radius 1 is 1.29 bits per heavy atom. The van der Waals surface area contributed by atoms with Crippen molar-refractivity contribution in [2.75, 3.05) is 19.8 Å². The molecular formula is C17H18Cl2N2O3. The number of carbonyl (C=O) groups excluding carboxylic acids is 1. The van der Waals surface area contributed by atoms with E-state index >= 15 is 0 Å². The maximum Gasteiger partial charge on any atom is 0.226 e. The van der Waals surface area contributed by atoms with Gasteiger partial charge in [0.1, 0.15) is 5.76 Å². The Kier molecular flexibility index (Phi) is 5.76. The summed E-state index contributed by atoms with van der Waals surface area (Å²) in [5.74, 6) is 1.04. The van der Waals surface area contributed by atoms with Crippen molar-refractivity contribution in [1.82, 2.24) is 10.5 Å². The number of benzene rings is 1. The molecule has 128 valence electrons. The molecule has 1 aromatic heterocycles. The Hall–Kier alpha value is -1.56. The molecule has 0 spiro atoms. The molecule has 24 heavy (non-hydrogen) atoms. The molecule has 1 unspecified atom stereocenters. The summed E-state index contributed by atoms with van der Waals surface area (Å²) < 4.78 is 10.6. The first kappa shape index (κ1) is 17.3. The van der Waals surface area contributed by atoms with E-state index in [1.807, 2.05) is 6.07 Å². The normalized spacial score (nSPS) is 17.2. The van der Waals surface area contributed by atoms with Crippen LogP contribution in [0.25, 0.3) is 0 Å². The number of carbonyl (C=O) groups is 1. The summed E-state index contributed by atoms with van der Waals surface area (Å²) in [4.78, 5) is 12.0. The predicted octanol–water partition coefficient (Wildman–Crippen LogP) is 3.27. The van der Waals surface area contributed by atoms with E-state index in [0.717, 1.165) is 25.2 Å². The van der Waals surface area contributed by atoms with Crippen LogP contribution in [0, 0.1) is 5.92 Å². The van der Waals surface area contributed by atoms with Crippen molar-refractivity contribution < 1.29 is 14.1 Å². The lowest BCUT2D eigenvalue weighted by Crippen LogP contribution is -2.30. The number of rotatable bonds is 6. The summed E-state index contributed by atoms with van der Waals surface area (Å²) in [6.45, 7) is 2.15. The minimum Gasteiger partial charge on any atom is -0.381 e. The Balaban J connectivity index is 1.51. The van der Waals surface area contributed by atoms with Crippen LogP contribution in [0.2, 0.25) is 10.0 Å². The lowest BCUT2D eigenvalue weighted by Gasteiger charge is -2.08. The minimum absolute atomic E-state index is 0.0590. The first-order chi connectivity index (χ1) is 11.6. The molecule has 1 amide bonds. The highest BCUT2D eigenvalue weighted by Gasteiger charge is 2.17. The van der Waals surface area contributed by atoms with E-state index in [1.165, 1.54) is 0 Å². The fourth-order valence-electron chi connectivity index (χ4n) is 2.60. The second kappa shape index (κ2) is 8.01. The molecule has 0 radical (unpaired) electrons. The van der Waals surface area contributed by atoms with Gasteiger partial charge in [-0.2, -0.15) is 0 Å². The molecule has 1 atom stereocenters. The number of nitrogens with one attached hydrogen (secondary N) is 1. The van der Waals surface area contributed by atoms with E-state index in [4.69, 9.17) is 32.5 Å². The Morgan fingerprint density at radius 3 is 2.92 bits per heavy atom. The van der Waals surface area contributed by atoms with Gasteiger partial charge in [0.05, 0.1) is 28.8 Å². The van der Waals surface area contributed by atoms with Gasteiger partial charge in [0, 0.05) is 31.6 Å². The number of hydrogen-bond donors (Lipinski definition) is 1. The Bertz CT molecular complexity index is 712. The quantitative estimate of drug-likeness (QED) is 0.849. The van der Waals surface area contributed by atoms with E-state index in [0.29, 0.717) is 40.4 Å². The molecule has 1 aliphatic rings. The van der Waals surface area contributed by atoms with Gasteiger partial charge in [-0.1, -0.05) is 34.4 Å². The van der Waals surface area contributed by atoms with E-state index in [2.05, 4.69) is 10.5 Å². The van der Waals surface area contributed by atoms with Crippen LogP contribution in [0.4, 0.5) is 0 Å². The molecule has 2 aromatic rings. The summed E-state index contributed by atoms with van der Waals surface area (Å²) in [6.07, 6.45) is 1.75. The van der Waals surface area contributed by atoms with E-state index < -0.39 is 0 Å². The molecule has 1 N–H and O–H groups in total. The van der Waals surface area contributed by atoms with E-state index in [-0.39, 0.29) is 12.3 Å². The fraction of sp³-hybridized carbons (Fsp3) is 0.412. The predicted molar refractivity (Wildman–Crippen MR) is 91.4 cm³/mol. The zero-order chi connectivity index (χ0) is 16.9. The molecule has 0 aliphatic carbocycles. The number of amides is 1. The monoisotopic (exact) mass is 368 g/mol. The molecule has 1 fully saturated rings. The average molecular weight is 369 g/mol. The summed E-state index contributed by atoms with van der Waals surface area (Å²) in [5.41, 5.74) is 1.59. The maximum absolute atomic E-state index is 12.0. The second-order valence-corrected chi connectivity index (χ2v) is 6.73. The van der Waals surface area contributed by atoms with Crippen LogP contribution in [0.1, 0.15) is 23.4 Å². The third-order valence-electron chi connectivity index (χ3n) is 3.92. The molecular weight excluding hydrogens is 351 g/mol. The zero-order valence-corrected chi connectivity index (χ0v) is 14.6. The van der Waals surface area contributed by atoms with Crippen molar-refractivity contribution in [2.24, 2.45) is 5.92 Å². The molecule has 1 aliphatic heterocycles.